The SMILES string of the molecule is CNC(c1ccc(S(C)(=O)=O)cc1)c1c(F)cccc1F. The summed E-state index contributed by atoms with van der Waals surface area (Å²) >= 11 is 0. The summed E-state index contributed by atoms with van der Waals surface area (Å²) in [6, 6.07) is 8.92. The van der Waals surface area contributed by atoms with Gasteiger partial charge in [0.25, 0.3) is 0 Å². The van der Waals surface area contributed by atoms with E-state index in [9.17, 15) is 17.2 Å². The number of halogens is 2. The highest BCUT2D eigenvalue weighted by Gasteiger charge is 2.20. The molecular weight excluding hydrogens is 296 g/mol. The average molecular weight is 311 g/mol. The maximum absolute atomic E-state index is 13.9. The fourth-order valence-electron chi connectivity index (χ4n) is 2.17. The van der Waals surface area contributed by atoms with E-state index in [1.165, 1.54) is 30.3 Å². The molecule has 0 saturated heterocycles. The van der Waals surface area contributed by atoms with E-state index in [1.54, 1.807) is 19.2 Å². The Bertz CT molecular complexity index is 723. The lowest BCUT2D eigenvalue weighted by atomic mass is 9.98. The van der Waals surface area contributed by atoms with Crippen molar-refractivity contribution >= 4 is 9.84 Å². The molecule has 2 aromatic carbocycles. The Labute approximate surface area is 122 Å². The van der Waals surface area contributed by atoms with Gasteiger partial charge in [0.15, 0.2) is 9.84 Å². The highest BCUT2D eigenvalue weighted by Crippen LogP contribution is 2.27. The van der Waals surface area contributed by atoms with Crippen LogP contribution in [0, 0.1) is 11.6 Å². The molecule has 21 heavy (non-hydrogen) atoms. The quantitative estimate of drug-likeness (QED) is 0.944. The number of hydrogen-bond donors (Lipinski definition) is 1. The highest BCUT2D eigenvalue weighted by atomic mass is 32.2. The van der Waals surface area contributed by atoms with Gasteiger partial charge >= 0.3 is 0 Å². The van der Waals surface area contributed by atoms with Crippen LogP contribution >= 0.6 is 0 Å². The van der Waals surface area contributed by atoms with Crippen LogP contribution < -0.4 is 5.32 Å². The van der Waals surface area contributed by atoms with Crippen LogP contribution in [0.3, 0.4) is 0 Å². The zero-order valence-electron chi connectivity index (χ0n) is 11.6. The molecule has 0 aliphatic heterocycles. The smallest absolute Gasteiger partial charge is 0.175 e. The molecule has 1 unspecified atom stereocenters. The van der Waals surface area contributed by atoms with Crippen molar-refractivity contribution in [3.05, 3.63) is 65.2 Å². The second kappa shape index (κ2) is 5.91. The first kappa shape index (κ1) is 15.6. The van der Waals surface area contributed by atoms with E-state index in [2.05, 4.69) is 5.32 Å². The molecule has 112 valence electrons. The maximum atomic E-state index is 13.9. The van der Waals surface area contributed by atoms with Gasteiger partial charge in [0.1, 0.15) is 11.6 Å². The molecule has 0 fully saturated rings. The third-order valence-electron chi connectivity index (χ3n) is 3.22. The van der Waals surface area contributed by atoms with E-state index in [1.807, 2.05) is 0 Å². The molecule has 6 heteroatoms. The van der Waals surface area contributed by atoms with Crippen LogP contribution in [-0.4, -0.2) is 21.7 Å². The van der Waals surface area contributed by atoms with Gasteiger partial charge in [-0.25, -0.2) is 17.2 Å². The summed E-state index contributed by atoms with van der Waals surface area (Å²) in [7, 11) is -1.72. The lowest BCUT2D eigenvalue weighted by Gasteiger charge is -2.18. The van der Waals surface area contributed by atoms with Crippen molar-refractivity contribution in [3.8, 4) is 0 Å². The molecule has 3 nitrogen and oxygen atoms in total. The van der Waals surface area contributed by atoms with E-state index in [0.717, 1.165) is 6.26 Å². The summed E-state index contributed by atoms with van der Waals surface area (Å²) in [4.78, 5) is 0.162. The van der Waals surface area contributed by atoms with E-state index in [-0.39, 0.29) is 10.5 Å². The zero-order chi connectivity index (χ0) is 15.6. The van der Waals surface area contributed by atoms with Gasteiger partial charge in [-0.05, 0) is 36.9 Å². The Morgan fingerprint density at radius 1 is 1.00 bits per heavy atom. The van der Waals surface area contributed by atoms with Crippen LogP contribution in [-0.2, 0) is 9.84 Å². The zero-order valence-corrected chi connectivity index (χ0v) is 12.4. The summed E-state index contributed by atoms with van der Waals surface area (Å²) < 4.78 is 50.6. The molecule has 0 saturated carbocycles. The van der Waals surface area contributed by atoms with Crippen LogP contribution in [0.15, 0.2) is 47.4 Å². The first-order chi connectivity index (χ1) is 9.84. The largest absolute Gasteiger partial charge is 0.309 e. The van der Waals surface area contributed by atoms with Crippen LogP contribution in [0.1, 0.15) is 17.2 Å². The molecular formula is C15H15F2NO2S. The van der Waals surface area contributed by atoms with Crippen molar-refractivity contribution in [3.63, 3.8) is 0 Å². The Balaban J connectivity index is 2.48. The fraction of sp³-hybridized carbons (Fsp3) is 0.200. The van der Waals surface area contributed by atoms with E-state index < -0.39 is 27.5 Å². The maximum Gasteiger partial charge on any atom is 0.175 e. The second-order valence-electron chi connectivity index (χ2n) is 4.70. The molecule has 0 radical (unpaired) electrons. The standard InChI is InChI=1S/C15H15F2NO2S/c1-18-15(14-12(16)4-3-5-13(14)17)10-6-8-11(9-7-10)21(2,19)20/h3-9,15,18H,1-2H3. The van der Waals surface area contributed by atoms with E-state index >= 15 is 0 Å². The van der Waals surface area contributed by atoms with E-state index in [4.69, 9.17) is 0 Å². The normalized spacial score (nSPS) is 13.1. The minimum absolute atomic E-state index is 0.0906. The molecule has 0 aliphatic rings. The molecule has 0 amide bonds. The lowest BCUT2D eigenvalue weighted by Crippen LogP contribution is -2.20. The summed E-state index contributed by atoms with van der Waals surface area (Å²) in [5, 5.41) is 2.85. The first-order valence-corrected chi connectivity index (χ1v) is 8.15. The summed E-state index contributed by atoms with van der Waals surface area (Å²) in [6.45, 7) is 0. The van der Waals surface area contributed by atoms with Crippen LogP contribution in [0.25, 0.3) is 0 Å². The number of sulfone groups is 1. The number of nitrogens with one attached hydrogen (secondary N) is 1. The number of rotatable bonds is 4. The van der Waals surface area contributed by atoms with Crippen LogP contribution in [0.4, 0.5) is 8.78 Å². The third-order valence-corrected chi connectivity index (χ3v) is 4.35. The third kappa shape index (κ3) is 3.28. The van der Waals surface area contributed by atoms with Gasteiger partial charge in [0, 0.05) is 11.8 Å². The Kier molecular flexibility index (Phi) is 4.39. The van der Waals surface area contributed by atoms with Gasteiger partial charge < -0.3 is 5.32 Å². The van der Waals surface area contributed by atoms with Crippen molar-refractivity contribution in [2.75, 3.05) is 13.3 Å². The fourth-order valence-corrected chi connectivity index (χ4v) is 2.80. The van der Waals surface area contributed by atoms with E-state index in [0.29, 0.717) is 5.56 Å². The van der Waals surface area contributed by atoms with Gasteiger partial charge in [-0.15, -0.1) is 0 Å². The first-order valence-electron chi connectivity index (χ1n) is 6.26. The molecule has 1 N–H and O–H groups in total. The minimum Gasteiger partial charge on any atom is -0.309 e. The monoisotopic (exact) mass is 311 g/mol. The van der Waals surface area contributed by atoms with Crippen molar-refractivity contribution in [1.29, 1.82) is 0 Å². The van der Waals surface area contributed by atoms with Crippen molar-refractivity contribution in [2.24, 2.45) is 0 Å². The summed E-state index contributed by atoms with van der Waals surface area (Å²) in [5.41, 5.74) is 0.487. The number of benzene rings is 2. The predicted octanol–water partition coefficient (Wildman–Crippen LogP) is 2.68. The molecule has 0 heterocycles. The molecule has 0 aliphatic carbocycles. The van der Waals surface area contributed by atoms with Crippen molar-refractivity contribution in [1.82, 2.24) is 5.32 Å². The molecule has 2 aromatic rings. The highest BCUT2D eigenvalue weighted by molar-refractivity contribution is 7.90. The van der Waals surface area contributed by atoms with Gasteiger partial charge in [-0.1, -0.05) is 18.2 Å². The van der Waals surface area contributed by atoms with Gasteiger partial charge in [0.05, 0.1) is 10.9 Å². The predicted molar refractivity (Wildman–Crippen MR) is 76.8 cm³/mol. The molecule has 0 aromatic heterocycles. The molecule has 1 atom stereocenters. The Hall–Kier alpha value is -1.79. The Morgan fingerprint density at radius 3 is 1.95 bits per heavy atom. The van der Waals surface area contributed by atoms with Gasteiger partial charge in [0.2, 0.25) is 0 Å². The average Bonchev–Trinajstić information content (AvgIpc) is 2.42. The summed E-state index contributed by atoms with van der Waals surface area (Å²) in [5.74, 6) is -1.30. The van der Waals surface area contributed by atoms with Gasteiger partial charge in [-0.2, -0.15) is 0 Å². The summed E-state index contributed by atoms with van der Waals surface area (Å²) in [6.07, 6.45) is 1.11. The lowest BCUT2D eigenvalue weighted by molar-refractivity contribution is 0.522. The topological polar surface area (TPSA) is 46.2 Å². The Morgan fingerprint density at radius 2 is 1.52 bits per heavy atom. The second-order valence-corrected chi connectivity index (χ2v) is 6.71. The number of hydrogen-bond acceptors (Lipinski definition) is 3. The van der Waals surface area contributed by atoms with Crippen molar-refractivity contribution < 1.29 is 17.2 Å². The van der Waals surface area contributed by atoms with Crippen molar-refractivity contribution in [2.45, 2.75) is 10.9 Å². The molecule has 2 rings (SSSR count). The van der Waals surface area contributed by atoms with Crippen LogP contribution in [0.5, 0.6) is 0 Å². The molecule has 0 bridgehead atoms. The molecule has 0 spiro atoms. The van der Waals surface area contributed by atoms with Crippen LogP contribution in [0.2, 0.25) is 0 Å². The minimum atomic E-state index is -3.30. The van der Waals surface area contributed by atoms with Gasteiger partial charge in [-0.3, -0.25) is 0 Å².